The zero-order valence-electron chi connectivity index (χ0n) is 10.5. The maximum Gasteiger partial charge on any atom is 0.251 e. The van der Waals surface area contributed by atoms with Crippen LogP contribution in [-0.2, 0) is 4.79 Å². The van der Waals surface area contributed by atoms with Crippen LogP contribution in [0.3, 0.4) is 0 Å². The summed E-state index contributed by atoms with van der Waals surface area (Å²) in [6.07, 6.45) is 0. The van der Waals surface area contributed by atoms with Gasteiger partial charge in [0.05, 0.1) is 6.54 Å². The number of nitrogens with one attached hydrogen (secondary N) is 2. The van der Waals surface area contributed by atoms with Crippen LogP contribution in [0.4, 0.5) is 0 Å². The monoisotopic (exact) mass is 312 g/mol. The predicted octanol–water partition coefficient (Wildman–Crippen LogP) is 1.95. The van der Waals surface area contributed by atoms with Gasteiger partial charge in [-0.05, 0) is 24.1 Å². The first-order chi connectivity index (χ1) is 8.49. The average Bonchev–Trinajstić information content (AvgIpc) is 2.33. The number of benzene rings is 1. The maximum atomic E-state index is 11.7. The molecule has 0 saturated carbocycles. The van der Waals surface area contributed by atoms with Gasteiger partial charge in [-0.3, -0.25) is 9.59 Å². The highest BCUT2D eigenvalue weighted by atomic mass is 79.9. The fraction of sp³-hybridized carbons (Fsp3) is 0.385. The molecule has 1 rings (SSSR count). The maximum absolute atomic E-state index is 11.7. The topological polar surface area (TPSA) is 58.2 Å². The van der Waals surface area contributed by atoms with Crippen molar-refractivity contribution in [2.45, 2.75) is 13.8 Å². The number of hydrogen-bond donors (Lipinski definition) is 2. The van der Waals surface area contributed by atoms with E-state index in [1.165, 1.54) is 0 Å². The van der Waals surface area contributed by atoms with Crippen LogP contribution in [0.5, 0.6) is 0 Å². The molecule has 0 bridgehead atoms. The molecule has 0 aliphatic carbocycles. The van der Waals surface area contributed by atoms with Crippen molar-refractivity contribution < 1.29 is 9.59 Å². The van der Waals surface area contributed by atoms with E-state index in [-0.39, 0.29) is 18.4 Å². The van der Waals surface area contributed by atoms with Crippen molar-refractivity contribution in [2.75, 3.05) is 13.1 Å². The number of rotatable bonds is 5. The molecular weight excluding hydrogens is 296 g/mol. The average molecular weight is 313 g/mol. The molecule has 0 fully saturated rings. The lowest BCUT2D eigenvalue weighted by Crippen LogP contribution is -2.38. The number of halogens is 1. The third-order valence-corrected chi connectivity index (χ3v) is 2.70. The third kappa shape index (κ3) is 5.31. The van der Waals surface area contributed by atoms with Crippen molar-refractivity contribution in [3.63, 3.8) is 0 Å². The summed E-state index contributed by atoms with van der Waals surface area (Å²) in [5.41, 5.74) is 0.529. The Bertz CT molecular complexity index is 433. The minimum Gasteiger partial charge on any atom is -0.354 e. The first kappa shape index (κ1) is 14.7. The van der Waals surface area contributed by atoms with Crippen LogP contribution in [0, 0.1) is 5.92 Å². The Hall–Kier alpha value is -1.36. The van der Waals surface area contributed by atoms with Gasteiger partial charge in [-0.25, -0.2) is 0 Å². The molecule has 0 aliphatic heterocycles. The first-order valence-electron chi connectivity index (χ1n) is 5.79. The summed E-state index contributed by atoms with van der Waals surface area (Å²) in [7, 11) is 0. The van der Waals surface area contributed by atoms with Gasteiger partial charge >= 0.3 is 0 Å². The Morgan fingerprint density at radius 2 is 2.00 bits per heavy atom. The third-order valence-electron chi connectivity index (χ3n) is 2.20. The molecule has 1 aromatic carbocycles. The fourth-order valence-electron chi connectivity index (χ4n) is 1.27. The second-order valence-corrected chi connectivity index (χ2v) is 5.31. The van der Waals surface area contributed by atoms with Crippen molar-refractivity contribution in [3.8, 4) is 0 Å². The van der Waals surface area contributed by atoms with Gasteiger partial charge < -0.3 is 10.6 Å². The summed E-state index contributed by atoms with van der Waals surface area (Å²) >= 11 is 3.29. The molecule has 0 spiro atoms. The molecule has 4 nitrogen and oxygen atoms in total. The van der Waals surface area contributed by atoms with E-state index in [2.05, 4.69) is 26.6 Å². The van der Waals surface area contributed by atoms with Gasteiger partial charge in [0.25, 0.3) is 5.91 Å². The molecule has 98 valence electrons. The SMILES string of the molecule is CC(C)CNC(=O)CNC(=O)c1cccc(Br)c1. The van der Waals surface area contributed by atoms with Crippen LogP contribution >= 0.6 is 15.9 Å². The van der Waals surface area contributed by atoms with E-state index in [0.717, 1.165) is 4.47 Å². The van der Waals surface area contributed by atoms with Crippen LogP contribution in [0.2, 0.25) is 0 Å². The molecule has 5 heteroatoms. The Morgan fingerprint density at radius 3 is 2.61 bits per heavy atom. The van der Waals surface area contributed by atoms with E-state index in [9.17, 15) is 9.59 Å². The Morgan fingerprint density at radius 1 is 1.28 bits per heavy atom. The number of hydrogen-bond acceptors (Lipinski definition) is 2. The molecule has 0 heterocycles. The number of amides is 2. The van der Waals surface area contributed by atoms with E-state index in [1.54, 1.807) is 18.2 Å². The van der Waals surface area contributed by atoms with E-state index in [0.29, 0.717) is 18.0 Å². The zero-order chi connectivity index (χ0) is 13.5. The van der Waals surface area contributed by atoms with E-state index < -0.39 is 0 Å². The van der Waals surface area contributed by atoms with E-state index in [4.69, 9.17) is 0 Å². The molecule has 2 amide bonds. The lowest BCUT2D eigenvalue weighted by molar-refractivity contribution is -0.120. The molecule has 0 unspecified atom stereocenters. The van der Waals surface area contributed by atoms with Crippen molar-refractivity contribution in [1.29, 1.82) is 0 Å². The highest BCUT2D eigenvalue weighted by molar-refractivity contribution is 9.10. The molecule has 2 N–H and O–H groups in total. The van der Waals surface area contributed by atoms with Gasteiger partial charge in [0.2, 0.25) is 5.91 Å². The molecule has 1 aromatic rings. The molecule has 0 radical (unpaired) electrons. The van der Waals surface area contributed by atoms with Crippen molar-refractivity contribution in [1.82, 2.24) is 10.6 Å². The van der Waals surface area contributed by atoms with Gasteiger partial charge in [0.15, 0.2) is 0 Å². The van der Waals surface area contributed by atoms with Crippen molar-refractivity contribution >= 4 is 27.7 Å². The molecule has 0 aliphatic rings. The van der Waals surface area contributed by atoms with Crippen LogP contribution < -0.4 is 10.6 Å². The summed E-state index contributed by atoms with van der Waals surface area (Å²) in [6, 6.07) is 7.03. The summed E-state index contributed by atoms with van der Waals surface area (Å²) in [6.45, 7) is 4.64. The quantitative estimate of drug-likeness (QED) is 0.873. The normalized spacial score (nSPS) is 10.2. The molecular formula is C13H17BrN2O2. The largest absolute Gasteiger partial charge is 0.354 e. The summed E-state index contributed by atoms with van der Waals surface area (Å²) < 4.78 is 0.833. The van der Waals surface area contributed by atoms with Gasteiger partial charge in [0.1, 0.15) is 0 Å². The minimum absolute atomic E-state index is 0.00192. The van der Waals surface area contributed by atoms with Crippen molar-refractivity contribution in [2.24, 2.45) is 5.92 Å². The van der Waals surface area contributed by atoms with Gasteiger partial charge in [-0.1, -0.05) is 35.8 Å². The van der Waals surface area contributed by atoms with Gasteiger partial charge in [-0.15, -0.1) is 0 Å². The van der Waals surface area contributed by atoms with Crippen LogP contribution in [0.25, 0.3) is 0 Å². The second kappa shape index (κ2) is 7.16. The smallest absolute Gasteiger partial charge is 0.251 e. The van der Waals surface area contributed by atoms with E-state index >= 15 is 0 Å². The lowest BCUT2D eigenvalue weighted by Gasteiger charge is -2.08. The summed E-state index contributed by atoms with van der Waals surface area (Å²) in [5.74, 6) is -0.0298. The van der Waals surface area contributed by atoms with Gasteiger partial charge in [-0.2, -0.15) is 0 Å². The second-order valence-electron chi connectivity index (χ2n) is 4.39. The molecule has 0 saturated heterocycles. The highest BCUT2D eigenvalue weighted by Crippen LogP contribution is 2.11. The van der Waals surface area contributed by atoms with E-state index in [1.807, 2.05) is 19.9 Å². The Labute approximate surface area is 115 Å². The summed E-state index contributed by atoms with van der Waals surface area (Å²) in [5, 5.41) is 5.32. The lowest BCUT2D eigenvalue weighted by atomic mass is 10.2. The molecule has 0 aromatic heterocycles. The van der Waals surface area contributed by atoms with Gasteiger partial charge in [0, 0.05) is 16.6 Å². The zero-order valence-corrected chi connectivity index (χ0v) is 12.1. The molecule has 0 atom stereocenters. The number of carbonyl (C=O) groups is 2. The molecule has 18 heavy (non-hydrogen) atoms. The first-order valence-corrected chi connectivity index (χ1v) is 6.59. The highest BCUT2D eigenvalue weighted by Gasteiger charge is 2.08. The van der Waals surface area contributed by atoms with Crippen LogP contribution in [0.15, 0.2) is 28.7 Å². The Balaban J connectivity index is 2.39. The predicted molar refractivity (Wildman–Crippen MR) is 74.3 cm³/mol. The van der Waals surface area contributed by atoms with Crippen LogP contribution in [-0.4, -0.2) is 24.9 Å². The fourth-order valence-corrected chi connectivity index (χ4v) is 1.67. The van der Waals surface area contributed by atoms with Crippen LogP contribution in [0.1, 0.15) is 24.2 Å². The standard InChI is InChI=1S/C13H17BrN2O2/c1-9(2)7-15-12(17)8-16-13(18)10-4-3-5-11(14)6-10/h3-6,9H,7-8H2,1-2H3,(H,15,17)(H,16,18). The summed E-state index contributed by atoms with van der Waals surface area (Å²) in [4.78, 5) is 23.1. The minimum atomic E-state index is -0.254. The van der Waals surface area contributed by atoms with Crippen molar-refractivity contribution in [3.05, 3.63) is 34.3 Å². The Kier molecular flexibility index (Phi) is 5.85. The number of carbonyl (C=O) groups excluding carboxylic acids is 2.